The van der Waals surface area contributed by atoms with Gasteiger partial charge in [-0.3, -0.25) is 4.79 Å². The number of carbonyl (C=O) groups excluding carboxylic acids is 1. The summed E-state index contributed by atoms with van der Waals surface area (Å²) < 4.78 is 0. The van der Waals surface area contributed by atoms with Crippen molar-refractivity contribution >= 4 is 5.91 Å². The van der Waals surface area contributed by atoms with E-state index in [0.29, 0.717) is 18.4 Å². The molecule has 2 N–H and O–H groups in total. The van der Waals surface area contributed by atoms with Crippen molar-refractivity contribution in [1.29, 1.82) is 0 Å². The van der Waals surface area contributed by atoms with Gasteiger partial charge in [0.25, 0.3) is 5.91 Å². The van der Waals surface area contributed by atoms with Gasteiger partial charge >= 0.3 is 0 Å². The van der Waals surface area contributed by atoms with Crippen molar-refractivity contribution in [3.8, 4) is 0 Å². The zero-order chi connectivity index (χ0) is 13.1. The molecule has 1 aliphatic rings. The molecule has 2 atom stereocenters. The van der Waals surface area contributed by atoms with Crippen molar-refractivity contribution in [3.05, 3.63) is 35.4 Å². The lowest BCUT2D eigenvalue weighted by atomic mass is 9.91. The fraction of sp³-hybridized carbons (Fsp3) is 0.533. The quantitative estimate of drug-likeness (QED) is 0.870. The highest BCUT2D eigenvalue weighted by Crippen LogP contribution is 2.22. The minimum absolute atomic E-state index is 0.150. The van der Waals surface area contributed by atoms with Crippen LogP contribution in [0.4, 0.5) is 0 Å². The lowest BCUT2D eigenvalue weighted by Gasteiger charge is -2.35. The molecule has 0 aliphatic carbocycles. The molecule has 1 heterocycles. The topological polar surface area (TPSA) is 46.3 Å². The Morgan fingerprint density at radius 3 is 2.28 bits per heavy atom. The second-order valence-corrected chi connectivity index (χ2v) is 5.56. The summed E-state index contributed by atoms with van der Waals surface area (Å²) in [5.74, 6) is 1.35. The fourth-order valence-electron chi connectivity index (χ4n) is 2.79. The summed E-state index contributed by atoms with van der Waals surface area (Å²) in [5.41, 5.74) is 7.39. The molecule has 1 amide bonds. The summed E-state index contributed by atoms with van der Waals surface area (Å²) in [5, 5.41) is 0. The van der Waals surface area contributed by atoms with Gasteiger partial charge < -0.3 is 10.6 Å². The minimum Gasteiger partial charge on any atom is -0.338 e. The number of nitrogens with two attached hydrogens (primary N) is 1. The highest BCUT2D eigenvalue weighted by molar-refractivity contribution is 5.94. The van der Waals surface area contributed by atoms with Crippen LogP contribution in [0, 0.1) is 11.8 Å². The van der Waals surface area contributed by atoms with Gasteiger partial charge in [-0.05, 0) is 36.0 Å². The van der Waals surface area contributed by atoms with Crippen LogP contribution in [0.25, 0.3) is 0 Å². The van der Waals surface area contributed by atoms with E-state index in [1.54, 1.807) is 0 Å². The molecule has 2 rings (SSSR count). The van der Waals surface area contributed by atoms with Crippen LogP contribution < -0.4 is 5.73 Å². The number of hydrogen-bond acceptors (Lipinski definition) is 2. The number of likely N-dealkylation sites (tertiary alicyclic amines) is 1. The number of hydrogen-bond donors (Lipinski definition) is 1. The third-order valence-corrected chi connectivity index (χ3v) is 3.59. The van der Waals surface area contributed by atoms with Crippen LogP contribution in [-0.4, -0.2) is 23.9 Å². The molecule has 0 saturated carbocycles. The number of rotatable bonds is 2. The van der Waals surface area contributed by atoms with E-state index in [4.69, 9.17) is 5.73 Å². The van der Waals surface area contributed by atoms with Gasteiger partial charge in [-0.2, -0.15) is 0 Å². The van der Waals surface area contributed by atoms with Gasteiger partial charge in [-0.1, -0.05) is 26.0 Å². The van der Waals surface area contributed by atoms with Crippen LogP contribution >= 0.6 is 0 Å². The molecule has 3 nitrogen and oxygen atoms in total. The van der Waals surface area contributed by atoms with E-state index in [1.165, 1.54) is 6.42 Å². The van der Waals surface area contributed by atoms with E-state index in [9.17, 15) is 4.79 Å². The maximum Gasteiger partial charge on any atom is 0.253 e. The van der Waals surface area contributed by atoms with E-state index >= 15 is 0 Å². The molecule has 18 heavy (non-hydrogen) atoms. The standard InChI is InChI=1S/C15H22N2O/c1-11-7-12(2)10-17(9-11)15(18)14-5-3-13(8-16)4-6-14/h3-6,11-12H,7-10,16H2,1-2H3/t11-,12-/m1/s1. The van der Waals surface area contributed by atoms with Gasteiger partial charge in [-0.15, -0.1) is 0 Å². The van der Waals surface area contributed by atoms with Crippen molar-refractivity contribution in [1.82, 2.24) is 4.90 Å². The van der Waals surface area contributed by atoms with Crippen molar-refractivity contribution in [2.45, 2.75) is 26.8 Å². The maximum absolute atomic E-state index is 12.4. The van der Waals surface area contributed by atoms with Gasteiger partial charge in [0.1, 0.15) is 0 Å². The Morgan fingerprint density at radius 2 is 1.78 bits per heavy atom. The zero-order valence-corrected chi connectivity index (χ0v) is 11.2. The first-order chi connectivity index (χ1) is 8.60. The third-order valence-electron chi connectivity index (χ3n) is 3.59. The monoisotopic (exact) mass is 246 g/mol. The first-order valence-corrected chi connectivity index (χ1v) is 6.68. The average molecular weight is 246 g/mol. The Hall–Kier alpha value is -1.35. The fourth-order valence-corrected chi connectivity index (χ4v) is 2.79. The summed E-state index contributed by atoms with van der Waals surface area (Å²) in [7, 11) is 0. The van der Waals surface area contributed by atoms with Crippen LogP contribution in [-0.2, 0) is 6.54 Å². The van der Waals surface area contributed by atoms with Crippen LogP contribution in [0.3, 0.4) is 0 Å². The molecule has 0 aromatic heterocycles. The normalized spacial score (nSPS) is 24.1. The Kier molecular flexibility index (Phi) is 4.02. The molecule has 0 unspecified atom stereocenters. The molecule has 0 bridgehead atoms. The molecular weight excluding hydrogens is 224 g/mol. The van der Waals surface area contributed by atoms with E-state index < -0.39 is 0 Å². The van der Waals surface area contributed by atoms with Crippen molar-refractivity contribution in [2.24, 2.45) is 17.6 Å². The summed E-state index contributed by atoms with van der Waals surface area (Å²) in [6.07, 6.45) is 1.22. The maximum atomic E-state index is 12.4. The van der Waals surface area contributed by atoms with Crippen LogP contribution in [0.1, 0.15) is 36.2 Å². The van der Waals surface area contributed by atoms with Gasteiger partial charge in [0.2, 0.25) is 0 Å². The Labute approximate surface area is 109 Å². The first-order valence-electron chi connectivity index (χ1n) is 6.68. The summed E-state index contributed by atoms with van der Waals surface area (Å²) in [6, 6.07) is 7.64. The Bertz CT molecular complexity index is 403. The van der Waals surface area contributed by atoms with Gasteiger partial charge in [0.05, 0.1) is 0 Å². The molecule has 1 aliphatic heterocycles. The third kappa shape index (κ3) is 2.91. The van der Waals surface area contributed by atoms with E-state index in [-0.39, 0.29) is 5.91 Å². The summed E-state index contributed by atoms with van der Waals surface area (Å²) in [6.45, 7) is 6.71. The molecule has 98 valence electrons. The molecule has 1 fully saturated rings. The average Bonchev–Trinajstić information content (AvgIpc) is 2.37. The number of piperidine rings is 1. The SMILES string of the molecule is C[C@@H]1C[C@@H](C)CN(C(=O)c2ccc(CN)cc2)C1. The van der Waals surface area contributed by atoms with Crippen LogP contribution in [0.2, 0.25) is 0 Å². The zero-order valence-electron chi connectivity index (χ0n) is 11.2. The minimum atomic E-state index is 0.150. The number of amides is 1. The van der Waals surface area contributed by atoms with Crippen LogP contribution in [0.15, 0.2) is 24.3 Å². The van der Waals surface area contributed by atoms with Gasteiger partial charge in [-0.25, -0.2) is 0 Å². The molecule has 3 heteroatoms. The largest absolute Gasteiger partial charge is 0.338 e. The molecular formula is C15H22N2O. The van der Waals surface area contributed by atoms with E-state index in [1.807, 2.05) is 29.2 Å². The predicted octanol–water partition coefficient (Wildman–Crippen LogP) is 2.26. The van der Waals surface area contributed by atoms with E-state index in [0.717, 1.165) is 24.2 Å². The molecule has 1 aromatic carbocycles. The van der Waals surface area contributed by atoms with Gasteiger partial charge in [0, 0.05) is 25.2 Å². The number of benzene rings is 1. The van der Waals surface area contributed by atoms with Gasteiger partial charge in [0.15, 0.2) is 0 Å². The smallest absolute Gasteiger partial charge is 0.253 e. The Morgan fingerprint density at radius 1 is 1.22 bits per heavy atom. The highest BCUT2D eigenvalue weighted by Gasteiger charge is 2.25. The molecule has 0 spiro atoms. The predicted molar refractivity (Wildman–Crippen MR) is 73.2 cm³/mol. The second-order valence-electron chi connectivity index (χ2n) is 5.56. The Balaban J connectivity index is 2.09. The first kappa shape index (κ1) is 13.1. The van der Waals surface area contributed by atoms with Crippen molar-refractivity contribution in [2.75, 3.05) is 13.1 Å². The van der Waals surface area contributed by atoms with Crippen molar-refractivity contribution < 1.29 is 4.79 Å². The number of nitrogens with zero attached hydrogens (tertiary/aromatic N) is 1. The van der Waals surface area contributed by atoms with Crippen molar-refractivity contribution in [3.63, 3.8) is 0 Å². The lowest BCUT2D eigenvalue weighted by Crippen LogP contribution is -2.42. The molecule has 1 aromatic rings. The van der Waals surface area contributed by atoms with E-state index in [2.05, 4.69) is 13.8 Å². The lowest BCUT2D eigenvalue weighted by molar-refractivity contribution is 0.0623. The highest BCUT2D eigenvalue weighted by atomic mass is 16.2. The number of carbonyl (C=O) groups is 1. The summed E-state index contributed by atoms with van der Waals surface area (Å²) in [4.78, 5) is 14.4. The molecule has 0 radical (unpaired) electrons. The summed E-state index contributed by atoms with van der Waals surface area (Å²) >= 11 is 0. The molecule has 1 saturated heterocycles. The second kappa shape index (κ2) is 5.53. The van der Waals surface area contributed by atoms with Crippen LogP contribution in [0.5, 0.6) is 0 Å².